The molecular formula is C10H14BrN5O. The summed E-state index contributed by atoms with van der Waals surface area (Å²) >= 11 is 0. The lowest BCUT2D eigenvalue weighted by atomic mass is 10.5. The third-order valence-electron chi connectivity index (χ3n) is 1.89. The van der Waals surface area contributed by atoms with Crippen LogP contribution in [0.25, 0.3) is 0 Å². The summed E-state index contributed by atoms with van der Waals surface area (Å²) in [6, 6.07) is 3.67. The summed E-state index contributed by atoms with van der Waals surface area (Å²) in [7, 11) is 0. The molecule has 0 saturated heterocycles. The van der Waals surface area contributed by atoms with E-state index in [-0.39, 0.29) is 17.0 Å². The minimum atomic E-state index is 0. The number of hydrogen-bond donors (Lipinski definition) is 2. The first-order valence-electron chi connectivity index (χ1n) is 5.04. The van der Waals surface area contributed by atoms with Crippen LogP contribution in [0.2, 0.25) is 0 Å². The first-order valence-corrected chi connectivity index (χ1v) is 5.04. The third-order valence-corrected chi connectivity index (χ3v) is 1.89. The van der Waals surface area contributed by atoms with Crippen molar-refractivity contribution in [3.63, 3.8) is 0 Å². The first kappa shape index (κ1) is 13.4. The lowest BCUT2D eigenvalue weighted by Crippen LogP contribution is -2.30. The van der Waals surface area contributed by atoms with Crippen LogP contribution >= 0.6 is 17.0 Å². The van der Waals surface area contributed by atoms with E-state index in [1.807, 2.05) is 12.1 Å². The number of rotatable bonds is 4. The molecule has 1 aromatic heterocycles. The normalized spacial score (nSPS) is 13.8. The lowest BCUT2D eigenvalue weighted by molar-refractivity contribution is 0.378. The Morgan fingerprint density at radius 1 is 1.59 bits per heavy atom. The van der Waals surface area contributed by atoms with E-state index in [2.05, 4.69) is 25.8 Å². The zero-order valence-electron chi connectivity index (χ0n) is 9.17. The van der Waals surface area contributed by atoms with Gasteiger partial charge in [-0.1, -0.05) is 0 Å². The summed E-state index contributed by atoms with van der Waals surface area (Å²) in [6.45, 7) is 2.06. The van der Waals surface area contributed by atoms with Crippen molar-refractivity contribution in [2.75, 3.05) is 19.7 Å². The minimum Gasteiger partial charge on any atom is -0.486 e. The van der Waals surface area contributed by atoms with Crippen molar-refractivity contribution in [2.45, 2.75) is 0 Å². The topological polar surface area (TPSA) is 70.9 Å². The van der Waals surface area contributed by atoms with E-state index < -0.39 is 0 Å². The van der Waals surface area contributed by atoms with Crippen molar-refractivity contribution in [3.8, 4) is 5.75 Å². The molecule has 2 heterocycles. The Labute approximate surface area is 110 Å². The fourth-order valence-electron chi connectivity index (χ4n) is 1.18. The zero-order chi connectivity index (χ0) is 11.1. The molecule has 0 fully saturated rings. The number of hydrazone groups is 1. The standard InChI is InChI=1S/C10H13N5O.BrH/c1-2-9(8-11-3-1)16-7-6-14-15-10-12-4-5-13-10;/h1-3,6,8H,4-5,7H2,(H2,12,13,15);1H. The van der Waals surface area contributed by atoms with E-state index in [1.54, 1.807) is 18.6 Å². The summed E-state index contributed by atoms with van der Waals surface area (Å²) in [5, 5.41) is 6.99. The summed E-state index contributed by atoms with van der Waals surface area (Å²) in [5.74, 6) is 1.43. The molecule has 1 aliphatic rings. The van der Waals surface area contributed by atoms with Gasteiger partial charge in [0, 0.05) is 12.7 Å². The van der Waals surface area contributed by atoms with Crippen LogP contribution in [0.5, 0.6) is 5.75 Å². The number of aliphatic imine (C=N–C) groups is 1. The smallest absolute Gasteiger partial charge is 0.212 e. The molecule has 1 aromatic rings. The Hall–Kier alpha value is -1.63. The summed E-state index contributed by atoms with van der Waals surface area (Å²) in [4.78, 5) is 8.05. The highest BCUT2D eigenvalue weighted by molar-refractivity contribution is 8.93. The summed E-state index contributed by atoms with van der Waals surface area (Å²) in [5.41, 5.74) is 2.78. The summed E-state index contributed by atoms with van der Waals surface area (Å²) in [6.07, 6.45) is 4.99. The third kappa shape index (κ3) is 4.81. The molecule has 6 nitrogen and oxygen atoms in total. The van der Waals surface area contributed by atoms with Crippen LogP contribution in [0.3, 0.4) is 0 Å². The van der Waals surface area contributed by atoms with Gasteiger partial charge in [0.15, 0.2) is 0 Å². The Morgan fingerprint density at radius 3 is 3.24 bits per heavy atom. The highest BCUT2D eigenvalue weighted by Crippen LogP contribution is 2.04. The Morgan fingerprint density at radius 2 is 2.53 bits per heavy atom. The fourth-order valence-corrected chi connectivity index (χ4v) is 1.18. The molecule has 0 saturated carbocycles. The van der Waals surface area contributed by atoms with Crippen molar-refractivity contribution >= 4 is 29.2 Å². The number of guanidine groups is 1. The minimum absolute atomic E-state index is 0. The number of pyridine rings is 1. The lowest BCUT2D eigenvalue weighted by Gasteiger charge is -2.01. The van der Waals surface area contributed by atoms with Crippen LogP contribution in [0, 0.1) is 0 Å². The van der Waals surface area contributed by atoms with E-state index >= 15 is 0 Å². The maximum Gasteiger partial charge on any atom is 0.212 e. The maximum atomic E-state index is 5.36. The monoisotopic (exact) mass is 299 g/mol. The second-order valence-electron chi connectivity index (χ2n) is 3.08. The Bertz CT molecular complexity index is 382. The number of halogens is 1. The van der Waals surface area contributed by atoms with E-state index in [1.165, 1.54) is 0 Å². The van der Waals surface area contributed by atoms with Gasteiger partial charge in [-0.25, -0.2) is 10.4 Å². The average molecular weight is 300 g/mol. The predicted octanol–water partition coefficient (Wildman–Crippen LogP) is 0.573. The van der Waals surface area contributed by atoms with Crippen molar-refractivity contribution in [3.05, 3.63) is 24.5 Å². The number of ether oxygens (including phenoxy) is 1. The summed E-state index contributed by atoms with van der Waals surface area (Å²) < 4.78 is 5.36. The average Bonchev–Trinajstić information content (AvgIpc) is 2.83. The van der Waals surface area contributed by atoms with Crippen molar-refractivity contribution in [1.29, 1.82) is 0 Å². The fraction of sp³-hybridized carbons (Fsp3) is 0.300. The number of nitrogens with zero attached hydrogens (tertiary/aromatic N) is 3. The molecule has 1 aliphatic heterocycles. The van der Waals surface area contributed by atoms with Crippen LogP contribution in [0.4, 0.5) is 0 Å². The predicted molar refractivity (Wildman–Crippen MR) is 72.0 cm³/mol. The van der Waals surface area contributed by atoms with Gasteiger partial charge in [-0.3, -0.25) is 4.98 Å². The van der Waals surface area contributed by atoms with Crippen LogP contribution in [0.1, 0.15) is 0 Å². The van der Waals surface area contributed by atoms with E-state index in [0.29, 0.717) is 12.6 Å². The van der Waals surface area contributed by atoms with Crippen molar-refractivity contribution in [2.24, 2.45) is 10.1 Å². The van der Waals surface area contributed by atoms with Crippen LogP contribution in [-0.2, 0) is 0 Å². The van der Waals surface area contributed by atoms with Gasteiger partial charge >= 0.3 is 0 Å². The SMILES string of the molecule is Br.C(COc1cccnc1)=NNC1=NCCN1. The number of hydrogen-bond acceptors (Lipinski definition) is 6. The second-order valence-corrected chi connectivity index (χ2v) is 3.08. The molecule has 2 N–H and O–H groups in total. The Balaban J connectivity index is 0.00000144. The van der Waals surface area contributed by atoms with Crippen LogP contribution in [-0.4, -0.2) is 36.9 Å². The molecule has 0 amide bonds. The molecule has 0 aromatic carbocycles. The van der Waals surface area contributed by atoms with Crippen LogP contribution in [0.15, 0.2) is 34.6 Å². The molecule has 7 heteroatoms. The highest BCUT2D eigenvalue weighted by atomic mass is 79.9. The van der Waals surface area contributed by atoms with Gasteiger partial charge in [0.25, 0.3) is 0 Å². The molecule has 2 rings (SSSR count). The molecule has 17 heavy (non-hydrogen) atoms. The molecule has 92 valence electrons. The molecule has 0 atom stereocenters. The second kappa shape index (κ2) is 7.61. The first-order chi connectivity index (χ1) is 7.95. The van der Waals surface area contributed by atoms with E-state index in [9.17, 15) is 0 Å². The highest BCUT2D eigenvalue weighted by Gasteiger charge is 2.00. The maximum absolute atomic E-state index is 5.36. The van der Waals surface area contributed by atoms with Gasteiger partial charge in [0.05, 0.1) is 19.0 Å². The Kier molecular flexibility index (Phi) is 6.02. The molecular weight excluding hydrogens is 286 g/mol. The largest absolute Gasteiger partial charge is 0.486 e. The molecule has 0 radical (unpaired) electrons. The van der Waals surface area contributed by atoms with Gasteiger partial charge < -0.3 is 10.1 Å². The van der Waals surface area contributed by atoms with Crippen molar-refractivity contribution < 1.29 is 4.74 Å². The van der Waals surface area contributed by atoms with Gasteiger partial charge in [0.1, 0.15) is 12.4 Å². The van der Waals surface area contributed by atoms with Gasteiger partial charge in [-0.2, -0.15) is 5.10 Å². The van der Waals surface area contributed by atoms with E-state index in [4.69, 9.17) is 4.74 Å². The van der Waals surface area contributed by atoms with Gasteiger partial charge in [-0.05, 0) is 12.1 Å². The van der Waals surface area contributed by atoms with Crippen LogP contribution < -0.4 is 15.5 Å². The number of nitrogens with one attached hydrogen (secondary N) is 2. The molecule has 0 spiro atoms. The van der Waals surface area contributed by atoms with Gasteiger partial charge in [-0.15, -0.1) is 17.0 Å². The number of aromatic nitrogens is 1. The van der Waals surface area contributed by atoms with Crippen molar-refractivity contribution in [1.82, 2.24) is 15.7 Å². The molecule has 0 unspecified atom stereocenters. The molecule has 0 bridgehead atoms. The quantitative estimate of drug-likeness (QED) is 0.630. The van der Waals surface area contributed by atoms with E-state index in [0.717, 1.165) is 18.8 Å². The zero-order valence-corrected chi connectivity index (χ0v) is 10.9. The van der Waals surface area contributed by atoms with Gasteiger partial charge in [0.2, 0.25) is 5.96 Å². The molecule has 0 aliphatic carbocycles.